The lowest BCUT2D eigenvalue weighted by molar-refractivity contribution is 0.151. The van der Waals surface area contributed by atoms with Gasteiger partial charge >= 0.3 is 0 Å². The van der Waals surface area contributed by atoms with Gasteiger partial charge in [-0.3, -0.25) is 4.98 Å². The lowest BCUT2D eigenvalue weighted by atomic mass is 10.1. The Bertz CT molecular complexity index is 475. The maximum Gasteiger partial charge on any atom is 0.0624 e. The number of aliphatic hydroxyl groups is 1. The zero-order chi connectivity index (χ0) is 10.3. The second-order valence-corrected chi connectivity index (χ2v) is 5.15. The normalized spacial score (nSPS) is 18.2. The largest absolute Gasteiger partial charge is 0.392 e. The molecule has 1 saturated carbocycles. The highest BCUT2D eigenvalue weighted by Gasteiger charge is 2.30. The maximum atomic E-state index is 9.90. The van der Waals surface area contributed by atoms with Crippen molar-refractivity contribution in [2.24, 2.45) is 5.92 Å². The van der Waals surface area contributed by atoms with Crippen LogP contribution in [0.1, 0.15) is 18.5 Å². The topological polar surface area (TPSA) is 33.1 Å². The smallest absolute Gasteiger partial charge is 0.0624 e. The molecule has 0 aromatic carbocycles. The van der Waals surface area contributed by atoms with Gasteiger partial charge in [-0.25, -0.2) is 0 Å². The molecule has 2 heterocycles. The number of rotatable bonds is 3. The highest BCUT2D eigenvalue weighted by molar-refractivity contribution is 7.17. The van der Waals surface area contributed by atoms with Crippen LogP contribution in [-0.4, -0.2) is 16.2 Å². The molecular formula is C12H13NOS. The van der Waals surface area contributed by atoms with Gasteiger partial charge in [0.15, 0.2) is 0 Å². The average molecular weight is 219 g/mol. The standard InChI is InChI=1S/C12H13NOS/c14-11(8-1-2-8)7-10-9-4-6-15-12(9)3-5-13-10/h3-6,8,11,14H,1-2,7H2. The van der Waals surface area contributed by atoms with Crippen LogP contribution >= 0.6 is 11.3 Å². The number of fused-ring (bicyclic) bond motifs is 1. The molecule has 3 rings (SSSR count). The van der Waals surface area contributed by atoms with Crippen LogP contribution in [0.5, 0.6) is 0 Å². The van der Waals surface area contributed by atoms with Crippen LogP contribution in [0.15, 0.2) is 23.7 Å². The Morgan fingerprint density at radius 2 is 2.33 bits per heavy atom. The molecule has 2 nitrogen and oxygen atoms in total. The van der Waals surface area contributed by atoms with Gasteiger partial charge in [0.05, 0.1) is 11.8 Å². The molecule has 2 aromatic heterocycles. The van der Waals surface area contributed by atoms with Gasteiger partial charge in [0.25, 0.3) is 0 Å². The summed E-state index contributed by atoms with van der Waals surface area (Å²) >= 11 is 1.73. The third kappa shape index (κ3) is 1.77. The van der Waals surface area contributed by atoms with Crippen LogP contribution in [0, 0.1) is 5.92 Å². The summed E-state index contributed by atoms with van der Waals surface area (Å²) < 4.78 is 1.27. The fraction of sp³-hybridized carbons (Fsp3) is 0.417. The van der Waals surface area contributed by atoms with Crippen molar-refractivity contribution in [3.63, 3.8) is 0 Å². The van der Waals surface area contributed by atoms with Crippen molar-refractivity contribution in [2.75, 3.05) is 0 Å². The fourth-order valence-corrected chi connectivity index (χ4v) is 2.76. The van der Waals surface area contributed by atoms with Gasteiger partial charge in [0.2, 0.25) is 0 Å². The van der Waals surface area contributed by atoms with Gasteiger partial charge in [-0.1, -0.05) is 0 Å². The number of hydrogen-bond donors (Lipinski definition) is 1. The molecule has 78 valence electrons. The van der Waals surface area contributed by atoms with Crippen LogP contribution in [0.25, 0.3) is 10.1 Å². The van der Waals surface area contributed by atoms with Crippen molar-refractivity contribution in [3.05, 3.63) is 29.4 Å². The summed E-state index contributed by atoms with van der Waals surface area (Å²) in [6.45, 7) is 0. The van der Waals surface area contributed by atoms with E-state index in [1.165, 1.54) is 22.9 Å². The highest BCUT2D eigenvalue weighted by Crippen LogP contribution is 2.34. The summed E-state index contributed by atoms with van der Waals surface area (Å²) in [6, 6.07) is 4.13. The van der Waals surface area contributed by atoms with Crippen molar-refractivity contribution >= 4 is 21.4 Å². The summed E-state index contributed by atoms with van der Waals surface area (Å²) in [5, 5.41) is 13.2. The van der Waals surface area contributed by atoms with Gasteiger partial charge in [-0.2, -0.15) is 0 Å². The summed E-state index contributed by atoms with van der Waals surface area (Å²) in [6.07, 6.45) is 4.72. The Morgan fingerprint density at radius 1 is 1.47 bits per heavy atom. The van der Waals surface area contributed by atoms with Gasteiger partial charge in [0.1, 0.15) is 0 Å². The summed E-state index contributed by atoms with van der Waals surface area (Å²) in [5.41, 5.74) is 1.05. The van der Waals surface area contributed by atoms with Crippen LogP contribution < -0.4 is 0 Å². The first-order valence-corrected chi connectivity index (χ1v) is 6.22. The summed E-state index contributed by atoms with van der Waals surface area (Å²) in [5.74, 6) is 0.528. The molecule has 0 bridgehead atoms. The number of pyridine rings is 1. The first kappa shape index (κ1) is 9.31. The van der Waals surface area contributed by atoms with Crippen molar-refractivity contribution in [3.8, 4) is 0 Å². The molecule has 1 fully saturated rings. The van der Waals surface area contributed by atoms with Gasteiger partial charge in [-0.05, 0) is 36.3 Å². The fourth-order valence-electron chi connectivity index (χ4n) is 1.96. The van der Waals surface area contributed by atoms with Crippen LogP contribution in [0.2, 0.25) is 0 Å². The number of aromatic nitrogens is 1. The minimum absolute atomic E-state index is 0.192. The van der Waals surface area contributed by atoms with E-state index in [0.717, 1.165) is 5.69 Å². The Hall–Kier alpha value is -0.930. The van der Waals surface area contributed by atoms with Gasteiger partial charge in [0, 0.05) is 22.7 Å². The second kappa shape index (κ2) is 3.58. The number of hydrogen-bond acceptors (Lipinski definition) is 3. The maximum absolute atomic E-state index is 9.90. The van der Waals surface area contributed by atoms with Crippen molar-refractivity contribution in [2.45, 2.75) is 25.4 Å². The lowest BCUT2D eigenvalue weighted by Crippen LogP contribution is -2.13. The lowest BCUT2D eigenvalue weighted by Gasteiger charge is -2.08. The third-order valence-corrected chi connectivity index (χ3v) is 3.91. The summed E-state index contributed by atoms with van der Waals surface area (Å²) in [7, 11) is 0. The van der Waals surface area contributed by atoms with E-state index in [2.05, 4.69) is 16.4 Å². The number of aliphatic hydroxyl groups excluding tert-OH is 1. The Balaban J connectivity index is 1.92. The molecule has 2 aromatic rings. The molecule has 1 unspecified atom stereocenters. The van der Waals surface area contributed by atoms with Crippen molar-refractivity contribution in [1.82, 2.24) is 4.98 Å². The predicted molar refractivity (Wildman–Crippen MR) is 62.1 cm³/mol. The van der Waals surface area contributed by atoms with E-state index in [4.69, 9.17) is 0 Å². The predicted octanol–water partition coefficient (Wildman–Crippen LogP) is 2.61. The molecule has 0 amide bonds. The number of thiophene rings is 1. The quantitative estimate of drug-likeness (QED) is 0.860. The van der Waals surface area contributed by atoms with E-state index < -0.39 is 0 Å². The Morgan fingerprint density at radius 3 is 3.13 bits per heavy atom. The second-order valence-electron chi connectivity index (χ2n) is 4.20. The Kier molecular flexibility index (Phi) is 2.22. The monoisotopic (exact) mass is 219 g/mol. The summed E-state index contributed by atoms with van der Waals surface area (Å²) in [4.78, 5) is 4.38. The molecule has 1 aliphatic carbocycles. The van der Waals surface area contributed by atoms with E-state index in [0.29, 0.717) is 12.3 Å². The van der Waals surface area contributed by atoms with Crippen molar-refractivity contribution in [1.29, 1.82) is 0 Å². The highest BCUT2D eigenvalue weighted by atomic mass is 32.1. The average Bonchev–Trinajstić information content (AvgIpc) is 2.97. The molecule has 3 heteroatoms. The van der Waals surface area contributed by atoms with Crippen LogP contribution in [0.3, 0.4) is 0 Å². The molecule has 1 atom stereocenters. The minimum atomic E-state index is -0.192. The molecule has 1 N–H and O–H groups in total. The first-order chi connectivity index (χ1) is 7.34. The first-order valence-electron chi connectivity index (χ1n) is 5.34. The van der Waals surface area contributed by atoms with E-state index in [1.54, 1.807) is 11.3 Å². The Labute approximate surface area is 92.6 Å². The molecule has 0 spiro atoms. The molecule has 0 radical (unpaired) electrons. The molecule has 0 aliphatic heterocycles. The zero-order valence-electron chi connectivity index (χ0n) is 8.39. The van der Waals surface area contributed by atoms with E-state index in [9.17, 15) is 5.11 Å². The van der Waals surface area contributed by atoms with E-state index >= 15 is 0 Å². The van der Waals surface area contributed by atoms with E-state index in [1.807, 2.05) is 12.3 Å². The minimum Gasteiger partial charge on any atom is -0.392 e. The van der Waals surface area contributed by atoms with Crippen molar-refractivity contribution < 1.29 is 5.11 Å². The van der Waals surface area contributed by atoms with Crippen LogP contribution in [-0.2, 0) is 6.42 Å². The molecule has 15 heavy (non-hydrogen) atoms. The van der Waals surface area contributed by atoms with Gasteiger partial charge < -0.3 is 5.11 Å². The molecular weight excluding hydrogens is 206 g/mol. The van der Waals surface area contributed by atoms with E-state index in [-0.39, 0.29) is 6.10 Å². The molecule has 0 saturated heterocycles. The molecule has 1 aliphatic rings. The SMILES string of the molecule is OC(Cc1nccc2sccc12)C1CC1. The zero-order valence-corrected chi connectivity index (χ0v) is 9.20. The number of nitrogens with zero attached hydrogens (tertiary/aromatic N) is 1. The van der Waals surface area contributed by atoms with Gasteiger partial charge in [-0.15, -0.1) is 11.3 Å². The van der Waals surface area contributed by atoms with Crippen LogP contribution in [0.4, 0.5) is 0 Å². The third-order valence-electron chi connectivity index (χ3n) is 3.03.